The molecular formula is C11H19N3O4S2. The van der Waals surface area contributed by atoms with E-state index in [-0.39, 0.29) is 10.6 Å². The molecule has 0 bridgehead atoms. The Kier molecular flexibility index (Phi) is 5.37. The minimum Gasteiger partial charge on any atom is -0.399 e. The van der Waals surface area contributed by atoms with E-state index in [1.54, 1.807) is 12.1 Å². The quantitative estimate of drug-likeness (QED) is 0.481. The van der Waals surface area contributed by atoms with E-state index in [4.69, 9.17) is 5.73 Å². The minimum atomic E-state index is -3.63. The summed E-state index contributed by atoms with van der Waals surface area (Å²) < 4.78 is 48.0. The number of nitrogens with one attached hydrogen (secondary N) is 2. The molecule has 1 aromatic carbocycles. The Morgan fingerprint density at radius 2 is 1.85 bits per heavy atom. The SMILES string of the molecule is CNS(=O)(=O)c1cc(N)ccc1NCCCS(C)(=O)=O. The van der Waals surface area contributed by atoms with Crippen molar-refractivity contribution in [1.82, 2.24) is 4.72 Å². The lowest BCUT2D eigenvalue weighted by Crippen LogP contribution is -2.21. The largest absolute Gasteiger partial charge is 0.399 e. The molecule has 0 aliphatic carbocycles. The van der Waals surface area contributed by atoms with Crippen LogP contribution in [0.15, 0.2) is 23.1 Å². The van der Waals surface area contributed by atoms with Gasteiger partial charge in [-0.1, -0.05) is 0 Å². The molecular weight excluding hydrogens is 302 g/mol. The van der Waals surface area contributed by atoms with E-state index in [1.807, 2.05) is 0 Å². The summed E-state index contributed by atoms with van der Waals surface area (Å²) in [5.74, 6) is 0.0447. The first-order valence-corrected chi connectivity index (χ1v) is 9.45. The summed E-state index contributed by atoms with van der Waals surface area (Å²) in [6, 6.07) is 4.48. The fraction of sp³-hybridized carbons (Fsp3) is 0.455. The lowest BCUT2D eigenvalue weighted by molar-refractivity contribution is 0.588. The van der Waals surface area contributed by atoms with Crippen LogP contribution in [0.2, 0.25) is 0 Å². The zero-order chi connectivity index (χ0) is 15.4. The van der Waals surface area contributed by atoms with E-state index in [0.717, 1.165) is 6.26 Å². The topological polar surface area (TPSA) is 118 Å². The fourth-order valence-electron chi connectivity index (χ4n) is 1.57. The van der Waals surface area contributed by atoms with Gasteiger partial charge in [0.15, 0.2) is 0 Å². The summed E-state index contributed by atoms with van der Waals surface area (Å²) in [6.45, 7) is 0.350. The maximum Gasteiger partial charge on any atom is 0.242 e. The van der Waals surface area contributed by atoms with E-state index in [1.165, 1.54) is 13.1 Å². The maximum atomic E-state index is 11.9. The zero-order valence-electron chi connectivity index (χ0n) is 11.4. The van der Waals surface area contributed by atoms with E-state index in [2.05, 4.69) is 10.0 Å². The van der Waals surface area contributed by atoms with Crippen molar-refractivity contribution in [2.24, 2.45) is 0 Å². The number of hydrogen-bond donors (Lipinski definition) is 3. The van der Waals surface area contributed by atoms with E-state index in [0.29, 0.717) is 24.3 Å². The molecule has 9 heteroatoms. The molecule has 0 aromatic heterocycles. The Hall–Kier alpha value is -1.32. The standard InChI is InChI=1S/C11H19N3O4S2/c1-13-20(17,18)11-8-9(12)4-5-10(11)14-6-3-7-19(2,15)16/h4-5,8,13-14H,3,6-7,12H2,1-2H3. The second-order valence-corrected chi connectivity index (χ2v) is 8.49. The molecule has 0 atom stereocenters. The Bertz CT molecular complexity index is 669. The van der Waals surface area contributed by atoms with Crippen molar-refractivity contribution in [3.05, 3.63) is 18.2 Å². The van der Waals surface area contributed by atoms with Crippen molar-refractivity contribution < 1.29 is 16.8 Å². The van der Waals surface area contributed by atoms with Crippen molar-refractivity contribution in [1.29, 1.82) is 0 Å². The predicted molar refractivity (Wildman–Crippen MR) is 79.9 cm³/mol. The number of benzene rings is 1. The number of hydrogen-bond acceptors (Lipinski definition) is 6. The molecule has 1 rings (SSSR count). The van der Waals surface area contributed by atoms with Crippen LogP contribution in [0.5, 0.6) is 0 Å². The van der Waals surface area contributed by atoms with Gasteiger partial charge in [0.25, 0.3) is 0 Å². The summed E-state index contributed by atoms with van der Waals surface area (Å²) in [5, 5.41) is 2.91. The molecule has 1 aromatic rings. The Labute approximate surface area is 119 Å². The van der Waals surface area contributed by atoms with Crippen LogP contribution in [0, 0.1) is 0 Å². The van der Waals surface area contributed by atoms with Crippen LogP contribution in [-0.2, 0) is 19.9 Å². The average Bonchev–Trinajstić information content (AvgIpc) is 2.34. The molecule has 0 aliphatic rings. The zero-order valence-corrected chi connectivity index (χ0v) is 13.0. The highest BCUT2D eigenvalue weighted by Crippen LogP contribution is 2.23. The molecule has 0 aliphatic heterocycles. The van der Waals surface area contributed by atoms with Gasteiger partial charge in [-0.05, 0) is 31.7 Å². The smallest absolute Gasteiger partial charge is 0.242 e. The Morgan fingerprint density at radius 3 is 2.40 bits per heavy atom. The van der Waals surface area contributed by atoms with Gasteiger partial charge < -0.3 is 11.1 Å². The number of nitrogens with two attached hydrogens (primary N) is 1. The number of nitrogen functional groups attached to an aromatic ring is 1. The second-order valence-electron chi connectivity index (χ2n) is 4.37. The van der Waals surface area contributed by atoms with E-state index >= 15 is 0 Å². The first-order valence-electron chi connectivity index (χ1n) is 5.90. The Morgan fingerprint density at radius 1 is 1.20 bits per heavy atom. The first kappa shape index (κ1) is 16.7. The van der Waals surface area contributed by atoms with Crippen molar-refractivity contribution in [2.75, 3.05) is 36.7 Å². The highest BCUT2D eigenvalue weighted by atomic mass is 32.2. The third-order valence-electron chi connectivity index (χ3n) is 2.57. The highest BCUT2D eigenvalue weighted by molar-refractivity contribution is 7.90. The summed E-state index contributed by atoms with van der Waals surface area (Å²) in [7, 11) is -5.34. The molecule has 0 heterocycles. The van der Waals surface area contributed by atoms with Gasteiger partial charge in [0.2, 0.25) is 10.0 Å². The molecule has 0 spiro atoms. The van der Waals surface area contributed by atoms with Crippen molar-refractivity contribution in [2.45, 2.75) is 11.3 Å². The molecule has 0 radical (unpaired) electrons. The summed E-state index contributed by atoms with van der Waals surface area (Å²) >= 11 is 0. The van der Waals surface area contributed by atoms with Gasteiger partial charge in [-0.2, -0.15) is 0 Å². The van der Waals surface area contributed by atoms with Gasteiger partial charge in [0, 0.05) is 18.5 Å². The molecule has 7 nitrogen and oxygen atoms in total. The van der Waals surface area contributed by atoms with E-state index in [9.17, 15) is 16.8 Å². The molecule has 4 N–H and O–H groups in total. The number of rotatable bonds is 7. The van der Waals surface area contributed by atoms with Crippen LogP contribution in [0.3, 0.4) is 0 Å². The summed E-state index contributed by atoms with van der Waals surface area (Å²) in [6.07, 6.45) is 1.55. The molecule has 0 unspecified atom stereocenters. The molecule has 0 fully saturated rings. The van der Waals surface area contributed by atoms with Crippen LogP contribution in [0.25, 0.3) is 0 Å². The van der Waals surface area contributed by atoms with Gasteiger partial charge in [-0.15, -0.1) is 0 Å². The van der Waals surface area contributed by atoms with Crippen LogP contribution in [0.1, 0.15) is 6.42 Å². The van der Waals surface area contributed by atoms with Gasteiger partial charge >= 0.3 is 0 Å². The monoisotopic (exact) mass is 321 g/mol. The van der Waals surface area contributed by atoms with Crippen LogP contribution >= 0.6 is 0 Å². The lowest BCUT2D eigenvalue weighted by Gasteiger charge is -2.12. The molecule has 114 valence electrons. The number of anilines is 2. The van der Waals surface area contributed by atoms with Crippen molar-refractivity contribution >= 4 is 31.2 Å². The minimum absolute atomic E-state index is 0.0411. The Balaban J connectivity index is 2.86. The van der Waals surface area contributed by atoms with Crippen molar-refractivity contribution in [3.63, 3.8) is 0 Å². The normalized spacial score (nSPS) is 12.3. The lowest BCUT2D eigenvalue weighted by atomic mass is 10.3. The second kappa shape index (κ2) is 6.42. The number of sulfone groups is 1. The van der Waals surface area contributed by atoms with Crippen LogP contribution in [0.4, 0.5) is 11.4 Å². The molecule has 20 heavy (non-hydrogen) atoms. The highest BCUT2D eigenvalue weighted by Gasteiger charge is 2.16. The van der Waals surface area contributed by atoms with Crippen molar-refractivity contribution in [3.8, 4) is 0 Å². The van der Waals surface area contributed by atoms with Crippen LogP contribution in [-0.4, -0.2) is 42.4 Å². The summed E-state index contributed by atoms with van der Waals surface area (Å²) in [4.78, 5) is 0.0411. The average molecular weight is 321 g/mol. The number of sulfonamides is 1. The van der Waals surface area contributed by atoms with Gasteiger partial charge in [-0.25, -0.2) is 21.6 Å². The van der Waals surface area contributed by atoms with E-state index < -0.39 is 19.9 Å². The van der Waals surface area contributed by atoms with Gasteiger partial charge in [0.1, 0.15) is 14.7 Å². The van der Waals surface area contributed by atoms with Gasteiger partial charge in [-0.3, -0.25) is 0 Å². The fourth-order valence-corrected chi connectivity index (χ4v) is 3.18. The molecule has 0 amide bonds. The summed E-state index contributed by atoms with van der Waals surface area (Å²) in [5.41, 5.74) is 6.32. The first-order chi connectivity index (χ1) is 9.15. The third-order valence-corrected chi connectivity index (χ3v) is 5.06. The third kappa shape index (κ3) is 4.99. The molecule has 0 saturated carbocycles. The van der Waals surface area contributed by atoms with Gasteiger partial charge in [0.05, 0.1) is 11.4 Å². The van der Waals surface area contributed by atoms with Crippen LogP contribution < -0.4 is 15.8 Å². The molecule has 0 saturated heterocycles. The predicted octanol–water partition coefficient (Wildman–Crippen LogP) is 0.0235. The maximum absolute atomic E-state index is 11.9.